The summed E-state index contributed by atoms with van der Waals surface area (Å²) in [5.41, 5.74) is 3.82. The first-order valence-corrected chi connectivity index (χ1v) is 15.3. The molecule has 5 aliphatic rings. The number of ether oxygens (including phenoxy) is 2. The lowest BCUT2D eigenvalue weighted by atomic mass is 9.88. The summed E-state index contributed by atoms with van der Waals surface area (Å²) in [7, 11) is 0. The molecule has 44 heavy (non-hydrogen) atoms. The second kappa shape index (κ2) is 10.8. The molecule has 0 saturated carbocycles. The van der Waals surface area contributed by atoms with Crippen molar-refractivity contribution in [1.29, 1.82) is 5.26 Å². The summed E-state index contributed by atoms with van der Waals surface area (Å²) < 4.78 is 14.0. The number of hydrogen-bond donors (Lipinski definition) is 2. The van der Waals surface area contributed by atoms with Crippen molar-refractivity contribution >= 4 is 23.1 Å². The van der Waals surface area contributed by atoms with E-state index in [2.05, 4.69) is 26.7 Å². The highest BCUT2D eigenvalue weighted by Gasteiger charge is 2.48. The number of anilines is 2. The topological polar surface area (TPSA) is 120 Å². The summed E-state index contributed by atoms with van der Waals surface area (Å²) in [4.78, 5) is 22.0. The number of nitrogens with zero attached hydrogens (tertiary/aromatic N) is 6. The number of piperazine rings is 1. The highest BCUT2D eigenvalue weighted by atomic mass is 16.5. The molecule has 0 radical (unpaired) electrons. The van der Waals surface area contributed by atoms with Crippen molar-refractivity contribution < 1.29 is 14.3 Å². The van der Waals surface area contributed by atoms with E-state index in [4.69, 9.17) is 14.5 Å². The number of rotatable bonds is 7. The van der Waals surface area contributed by atoms with Gasteiger partial charge in [0.1, 0.15) is 17.6 Å². The van der Waals surface area contributed by atoms with E-state index in [1.807, 2.05) is 65.8 Å². The van der Waals surface area contributed by atoms with Crippen LogP contribution in [0.2, 0.25) is 0 Å². The number of nitriles is 1. The molecule has 224 valence electrons. The van der Waals surface area contributed by atoms with Crippen molar-refractivity contribution in [3.63, 3.8) is 0 Å². The van der Waals surface area contributed by atoms with E-state index in [1.165, 1.54) is 0 Å². The predicted molar refractivity (Wildman–Crippen MR) is 165 cm³/mol. The van der Waals surface area contributed by atoms with E-state index in [-0.39, 0.29) is 23.7 Å². The first-order chi connectivity index (χ1) is 21.6. The highest BCUT2D eigenvalue weighted by Crippen LogP contribution is 2.37. The molecule has 5 saturated heterocycles. The van der Waals surface area contributed by atoms with Gasteiger partial charge in [0.2, 0.25) is 0 Å². The normalized spacial score (nSPS) is 23.2. The molecule has 5 aliphatic heterocycles. The number of carbonyl (C=O) groups excluding carboxylic acids is 1. The van der Waals surface area contributed by atoms with Crippen LogP contribution in [0.1, 0.15) is 24.8 Å². The molecule has 3 aromatic heterocycles. The number of hydrogen-bond acceptors (Lipinski definition) is 8. The average molecular weight is 591 g/mol. The summed E-state index contributed by atoms with van der Waals surface area (Å²) in [5.74, 6) is 2.08. The van der Waals surface area contributed by atoms with Crippen molar-refractivity contribution in [2.45, 2.75) is 36.9 Å². The van der Waals surface area contributed by atoms with Gasteiger partial charge in [-0.2, -0.15) is 10.4 Å². The fraction of sp³-hybridized carbons (Fsp3) is 0.394. The van der Waals surface area contributed by atoms with Crippen molar-refractivity contribution in [1.82, 2.24) is 24.8 Å². The number of fused-ring (bicyclic) bond motifs is 3. The minimum Gasteiger partial charge on any atom is -0.492 e. The third-order valence-corrected chi connectivity index (χ3v) is 9.52. The molecule has 11 heteroatoms. The Morgan fingerprint density at radius 3 is 2.70 bits per heavy atom. The molecular weight excluding hydrogens is 556 g/mol. The standard InChI is InChI=1S/C33H34N8O3/c34-13-24-15-37-40-18-28(43-9-8-22-12-33(44-19-22)20-35-21-33)11-29(31(24)40)23-6-7-30(36-14-23)39-16-26-10-27(17-39)41(26)32(42)38-25-4-2-1-3-5-25/h1-7,11,14-15,18,22,26-27,35H,8-10,12,16-17,19-21H2,(H,38,42). The third kappa shape index (κ3) is 4.80. The van der Waals surface area contributed by atoms with Gasteiger partial charge in [-0.25, -0.2) is 14.3 Å². The van der Waals surface area contributed by atoms with Gasteiger partial charge in [0, 0.05) is 49.2 Å². The van der Waals surface area contributed by atoms with E-state index in [1.54, 1.807) is 10.7 Å². The fourth-order valence-electron chi connectivity index (χ4n) is 7.17. The van der Waals surface area contributed by atoms with Gasteiger partial charge < -0.3 is 29.9 Å². The first-order valence-electron chi connectivity index (χ1n) is 15.3. The van der Waals surface area contributed by atoms with E-state index in [0.29, 0.717) is 23.8 Å². The number of piperidine rings is 1. The van der Waals surface area contributed by atoms with Crippen LogP contribution in [0.3, 0.4) is 0 Å². The molecule has 2 amide bonds. The number of carbonyl (C=O) groups is 1. The Labute approximate surface area is 255 Å². The second-order valence-electron chi connectivity index (χ2n) is 12.4. The maximum Gasteiger partial charge on any atom is 0.322 e. The molecule has 2 bridgehead atoms. The Morgan fingerprint density at radius 1 is 1.16 bits per heavy atom. The van der Waals surface area contributed by atoms with Gasteiger partial charge in [0.15, 0.2) is 0 Å². The number of nitrogens with one attached hydrogen (secondary N) is 2. The quantitative estimate of drug-likeness (QED) is 0.333. The molecule has 11 nitrogen and oxygen atoms in total. The van der Waals surface area contributed by atoms with Crippen LogP contribution in [-0.4, -0.2) is 82.6 Å². The lowest BCUT2D eigenvalue weighted by Crippen LogP contribution is -2.71. The SMILES string of the molecule is N#Cc1cnn2cc(OCCC3COC4(CNC4)C3)cc(-c3ccc(N4CC5CC(C4)N5C(=O)Nc4ccccc4)nc3)c12. The molecule has 3 unspecified atom stereocenters. The van der Waals surface area contributed by atoms with E-state index < -0.39 is 0 Å². The summed E-state index contributed by atoms with van der Waals surface area (Å²) in [5, 5.41) is 20.5. The number of amides is 2. The smallest absolute Gasteiger partial charge is 0.322 e. The van der Waals surface area contributed by atoms with Crippen LogP contribution in [0.4, 0.5) is 16.3 Å². The van der Waals surface area contributed by atoms with Gasteiger partial charge >= 0.3 is 6.03 Å². The zero-order chi connectivity index (χ0) is 29.7. The van der Waals surface area contributed by atoms with Gasteiger partial charge in [-0.05, 0) is 55.5 Å². The molecule has 3 atom stereocenters. The third-order valence-electron chi connectivity index (χ3n) is 9.52. The Balaban J connectivity index is 0.954. The van der Waals surface area contributed by atoms with Crippen LogP contribution in [0, 0.1) is 17.2 Å². The largest absolute Gasteiger partial charge is 0.492 e. The van der Waals surface area contributed by atoms with Gasteiger partial charge in [0.25, 0.3) is 0 Å². The molecule has 1 aromatic carbocycles. The summed E-state index contributed by atoms with van der Waals surface area (Å²) in [6.45, 7) is 4.74. The van der Waals surface area contributed by atoms with Crippen LogP contribution in [0.25, 0.3) is 16.6 Å². The van der Waals surface area contributed by atoms with E-state index in [9.17, 15) is 10.1 Å². The van der Waals surface area contributed by atoms with Crippen LogP contribution < -0.4 is 20.3 Å². The fourth-order valence-corrected chi connectivity index (χ4v) is 7.17. The Bertz CT molecular complexity index is 1720. The summed E-state index contributed by atoms with van der Waals surface area (Å²) in [6.07, 6.45) is 8.29. The van der Waals surface area contributed by atoms with Crippen molar-refractivity contribution in [3.05, 3.63) is 72.7 Å². The molecule has 8 heterocycles. The Morgan fingerprint density at radius 2 is 2.00 bits per heavy atom. The molecule has 4 aromatic rings. The molecule has 5 fully saturated rings. The molecule has 2 N–H and O–H groups in total. The summed E-state index contributed by atoms with van der Waals surface area (Å²) >= 11 is 0. The molecule has 0 aliphatic carbocycles. The number of benzene rings is 1. The monoisotopic (exact) mass is 590 g/mol. The Kier molecular flexibility index (Phi) is 6.61. The highest BCUT2D eigenvalue weighted by molar-refractivity contribution is 5.90. The maximum absolute atomic E-state index is 12.9. The van der Waals surface area contributed by atoms with Crippen molar-refractivity contribution in [2.24, 2.45) is 5.92 Å². The minimum atomic E-state index is -0.0446. The minimum absolute atomic E-state index is 0.0446. The van der Waals surface area contributed by atoms with Crippen LogP contribution in [-0.2, 0) is 4.74 Å². The predicted octanol–water partition coefficient (Wildman–Crippen LogP) is 3.91. The second-order valence-corrected chi connectivity index (χ2v) is 12.4. The van der Waals surface area contributed by atoms with E-state index in [0.717, 1.165) is 80.2 Å². The number of pyridine rings is 2. The summed E-state index contributed by atoms with van der Waals surface area (Å²) in [6, 6.07) is 18.2. The van der Waals surface area contributed by atoms with Gasteiger partial charge in [-0.1, -0.05) is 18.2 Å². The number of urea groups is 1. The molecule has 1 spiro atoms. The van der Waals surface area contributed by atoms with Crippen molar-refractivity contribution in [2.75, 3.05) is 49.6 Å². The lowest BCUT2D eigenvalue weighted by Gasteiger charge is -2.56. The van der Waals surface area contributed by atoms with Crippen molar-refractivity contribution in [3.8, 4) is 22.9 Å². The zero-order valence-corrected chi connectivity index (χ0v) is 24.4. The first kappa shape index (κ1) is 26.9. The van der Waals surface area contributed by atoms with Crippen LogP contribution in [0.15, 0.2) is 67.1 Å². The van der Waals surface area contributed by atoms with Gasteiger partial charge in [0.05, 0.1) is 54.4 Å². The number of para-hydroxylation sites is 1. The number of aromatic nitrogens is 3. The molecular formula is C33H34N8O3. The van der Waals surface area contributed by atoms with Crippen LogP contribution in [0.5, 0.6) is 5.75 Å². The van der Waals surface area contributed by atoms with Gasteiger partial charge in [-0.15, -0.1) is 0 Å². The lowest BCUT2D eigenvalue weighted by molar-refractivity contribution is -0.0363. The van der Waals surface area contributed by atoms with Crippen LogP contribution >= 0.6 is 0 Å². The van der Waals surface area contributed by atoms with E-state index >= 15 is 0 Å². The van der Waals surface area contributed by atoms with Gasteiger partial charge in [-0.3, -0.25) is 0 Å². The average Bonchev–Trinajstić information content (AvgIpc) is 3.66. The Hall–Kier alpha value is -4.66. The zero-order valence-electron chi connectivity index (χ0n) is 24.4. The molecule has 9 rings (SSSR count). The maximum atomic E-state index is 12.9.